The molecule has 2 heterocycles. The normalized spacial score (nSPS) is 46.3. The summed E-state index contributed by atoms with van der Waals surface area (Å²) in [5.41, 5.74) is 0.737. The summed E-state index contributed by atoms with van der Waals surface area (Å²) < 4.78 is 11.5. The third-order valence-corrected chi connectivity index (χ3v) is 18.1. The molecular weight excluding hydrogens is 622 g/mol. The molecule has 10 atom stereocenters. The van der Waals surface area contributed by atoms with Crippen LogP contribution in [-0.4, -0.2) is 98.3 Å². The number of morpholine rings is 1. The third kappa shape index (κ3) is 5.57. The molecule has 6 saturated carbocycles. The molecule has 7 nitrogen and oxygen atoms in total. The fourth-order valence-electron chi connectivity index (χ4n) is 15.3. The number of hydrogen-bond donors (Lipinski definition) is 0. The summed E-state index contributed by atoms with van der Waals surface area (Å²) in [5, 5.41) is 0. The van der Waals surface area contributed by atoms with Crippen LogP contribution < -0.4 is 0 Å². The van der Waals surface area contributed by atoms with Crippen LogP contribution in [0.3, 0.4) is 0 Å². The molecule has 8 aliphatic rings. The molecule has 8 fully saturated rings. The summed E-state index contributed by atoms with van der Waals surface area (Å²) in [6, 6.07) is 0. The zero-order valence-corrected chi connectivity index (χ0v) is 32.8. The van der Waals surface area contributed by atoms with Crippen molar-refractivity contribution in [1.82, 2.24) is 14.7 Å². The quantitative estimate of drug-likeness (QED) is 0.262. The molecule has 0 aromatic rings. The van der Waals surface area contributed by atoms with Crippen LogP contribution in [0.25, 0.3) is 0 Å². The van der Waals surface area contributed by atoms with Crippen LogP contribution in [0.5, 0.6) is 0 Å². The maximum Gasteiger partial charge on any atom is 0.302 e. The molecule has 8 rings (SSSR count). The third-order valence-electron chi connectivity index (χ3n) is 18.1. The number of hydrogen-bond acceptors (Lipinski definition) is 6. The Labute approximate surface area is 304 Å². The van der Waals surface area contributed by atoms with Crippen molar-refractivity contribution in [1.29, 1.82) is 0 Å². The molecule has 2 aliphatic heterocycles. The highest BCUT2D eigenvalue weighted by Gasteiger charge is 2.73. The molecule has 0 aromatic heterocycles. The lowest BCUT2D eigenvalue weighted by molar-refractivity contribution is -0.250. The highest BCUT2D eigenvalue weighted by Crippen LogP contribution is 2.78. The number of fused-ring (bicyclic) bond motifs is 7. The number of carbonyl (C=O) groups is 2. The Morgan fingerprint density at radius 3 is 2.08 bits per heavy atom. The van der Waals surface area contributed by atoms with E-state index in [0.29, 0.717) is 35.0 Å². The average Bonchev–Trinajstić information content (AvgIpc) is 3.86. The molecule has 1 amide bonds. The zero-order valence-electron chi connectivity index (χ0n) is 32.8. The highest BCUT2D eigenvalue weighted by atomic mass is 16.5. The summed E-state index contributed by atoms with van der Waals surface area (Å²) in [5.74, 6) is 4.60. The van der Waals surface area contributed by atoms with E-state index in [1.807, 2.05) is 0 Å². The molecule has 7 heteroatoms. The molecule has 2 saturated heterocycles. The first-order valence-corrected chi connectivity index (χ1v) is 21.3. The van der Waals surface area contributed by atoms with E-state index in [4.69, 9.17) is 9.47 Å². The molecule has 282 valence electrons. The molecule has 0 aromatic carbocycles. The number of piperazine rings is 1. The van der Waals surface area contributed by atoms with Crippen molar-refractivity contribution in [2.45, 2.75) is 131 Å². The topological polar surface area (TPSA) is 62.3 Å². The highest BCUT2D eigenvalue weighted by molar-refractivity contribution is 5.84. The molecule has 0 N–H and O–H groups in total. The Hall–Kier alpha value is -1.18. The van der Waals surface area contributed by atoms with Gasteiger partial charge in [0.1, 0.15) is 6.10 Å². The summed E-state index contributed by atoms with van der Waals surface area (Å²) in [6.07, 6.45) is 16.2. The second-order valence-electron chi connectivity index (χ2n) is 20.3. The Morgan fingerprint density at radius 1 is 0.700 bits per heavy atom. The van der Waals surface area contributed by atoms with Crippen molar-refractivity contribution in [3.8, 4) is 0 Å². The van der Waals surface area contributed by atoms with Crippen molar-refractivity contribution >= 4 is 11.9 Å². The summed E-state index contributed by atoms with van der Waals surface area (Å²) in [4.78, 5) is 34.7. The van der Waals surface area contributed by atoms with Crippen LogP contribution in [0.2, 0.25) is 0 Å². The van der Waals surface area contributed by atoms with Gasteiger partial charge in [-0.3, -0.25) is 19.4 Å². The lowest BCUT2D eigenvalue weighted by Crippen LogP contribution is -2.68. The van der Waals surface area contributed by atoms with Gasteiger partial charge in [-0.1, -0.05) is 34.6 Å². The lowest BCUT2D eigenvalue weighted by Gasteiger charge is -2.73. The minimum Gasteiger partial charge on any atom is -0.462 e. The van der Waals surface area contributed by atoms with E-state index in [9.17, 15) is 4.79 Å². The van der Waals surface area contributed by atoms with Gasteiger partial charge in [0.2, 0.25) is 5.91 Å². The monoisotopic (exact) mass is 694 g/mol. The zero-order chi connectivity index (χ0) is 35.1. The number of esters is 1. The van der Waals surface area contributed by atoms with Gasteiger partial charge in [0.05, 0.1) is 18.6 Å². The fraction of sp³-hybridized carbons (Fsp3) is 0.953. The van der Waals surface area contributed by atoms with Crippen LogP contribution in [0.4, 0.5) is 0 Å². The number of ether oxygens (including phenoxy) is 2. The van der Waals surface area contributed by atoms with Crippen LogP contribution in [0, 0.1) is 62.6 Å². The lowest BCUT2D eigenvalue weighted by atomic mass is 9.32. The van der Waals surface area contributed by atoms with Crippen LogP contribution in [0.1, 0.15) is 125 Å². The molecule has 0 radical (unpaired) electrons. The van der Waals surface area contributed by atoms with Gasteiger partial charge >= 0.3 is 5.97 Å². The number of amides is 1. The van der Waals surface area contributed by atoms with Gasteiger partial charge in [-0.25, -0.2) is 0 Å². The summed E-state index contributed by atoms with van der Waals surface area (Å²) in [7, 11) is 0. The Morgan fingerprint density at radius 2 is 1.40 bits per heavy atom. The number of carbonyl (C=O) groups excluding carboxylic acids is 2. The second-order valence-corrected chi connectivity index (χ2v) is 20.3. The average molecular weight is 694 g/mol. The smallest absolute Gasteiger partial charge is 0.302 e. The second kappa shape index (κ2) is 13.0. The summed E-state index contributed by atoms with van der Waals surface area (Å²) >= 11 is 0. The van der Waals surface area contributed by atoms with Gasteiger partial charge < -0.3 is 14.4 Å². The predicted molar refractivity (Wildman–Crippen MR) is 197 cm³/mol. The van der Waals surface area contributed by atoms with Crippen molar-refractivity contribution in [3.05, 3.63) is 0 Å². The number of nitrogens with zero attached hydrogens (tertiary/aromatic N) is 3. The first kappa shape index (κ1) is 35.8. The van der Waals surface area contributed by atoms with Gasteiger partial charge in [0.25, 0.3) is 0 Å². The Bertz CT molecular complexity index is 1290. The largest absolute Gasteiger partial charge is 0.462 e. The van der Waals surface area contributed by atoms with E-state index in [2.05, 4.69) is 49.3 Å². The van der Waals surface area contributed by atoms with Crippen LogP contribution in [-0.2, 0) is 19.1 Å². The minimum atomic E-state index is -0.122. The van der Waals surface area contributed by atoms with E-state index in [1.165, 1.54) is 70.8 Å². The van der Waals surface area contributed by atoms with E-state index in [0.717, 1.165) is 90.1 Å². The van der Waals surface area contributed by atoms with Crippen LogP contribution >= 0.6 is 0 Å². The fourth-order valence-corrected chi connectivity index (χ4v) is 15.3. The standard InChI is InChI=1S/C43H71N3O4/c1-30(47)50-36-14-15-40(4)34(39(36,2)3)13-16-42(6)35(40)11-10-33-37-32(31-8-9-31)12-17-43(37,19-18-41(33,42)5)38(48)46-24-22-44(23-25-46)20-7-21-45-26-28-49-29-27-45/h31-37H,7-29H2,1-6H3/t32-,33+,34-,35+,36-,37+,40-,41+,42+,43-/m0/s1. The minimum absolute atomic E-state index is 0.00117. The van der Waals surface area contributed by atoms with Crippen molar-refractivity contribution in [3.63, 3.8) is 0 Å². The van der Waals surface area contributed by atoms with Crippen molar-refractivity contribution in [2.75, 3.05) is 65.6 Å². The van der Waals surface area contributed by atoms with E-state index in [1.54, 1.807) is 6.92 Å². The molecule has 0 spiro atoms. The SMILES string of the molecule is CC(=O)O[C@H]1CC[C@]2(C)[C@H]3CC[C@@H]4[C@H]5[C@H](C6CC6)CC[C@]5(C(=O)N5CCN(CCCN6CCOCC6)CC5)CC[C@@]4(C)[C@]3(C)CC[C@H]2C1(C)C. The van der Waals surface area contributed by atoms with Gasteiger partial charge in [0, 0.05) is 51.6 Å². The Balaban J connectivity index is 0.991. The number of rotatable bonds is 7. The predicted octanol–water partition coefficient (Wildman–Crippen LogP) is 7.28. The van der Waals surface area contributed by atoms with Crippen molar-refractivity contribution in [2.24, 2.45) is 62.6 Å². The van der Waals surface area contributed by atoms with E-state index < -0.39 is 0 Å². The maximum atomic E-state index is 15.1. The maximum absolute atomic E-state index is 15.1. The summed E-state index contributed by atoms with van der Waals surface area (Å²) in [6.45, 7) is 24.6. The molecule has 0 bridgehead atoms. The van der Waals surface area contributed by atoms with E-state index in [-0.39, 0.29) is 33.7 Å². The molecular formula is C43H71N3O4. The van der Waals surface area contributed by atoms with Crippen molar-refractivity contribution < 1.29 is 19.1 Å². The van der Waals surface area contributed by atoms with E-state index >= 15 is 4.79 Å². The van der Waals surface area contributed by atoms with Crippen LogP contribution in [0.15, 0.2) is 0 Å². The van der Waals surface area contributed by atoms with Gasteiger partial charge in [0.15, 0.2) is 0 Å². The molecule has 0 unspecified atom stereocenters. The van der Waals surface area contributed by atoms with Gasteiger partial charge in [-0.15, -0.1) is 0 Å². The molecule has 6 aliphatic carbocycles. The Kier molecular flexibility index (Phi) is 9.31. The first-order valence-electron chi connectivity index (χ1n) is 21.3. The van der Waals surface area contributed by atoms with Gasteiger partial charge in [-0.05, 0) is 148 Å². The first-order chi connectivity index (χ1) is 23.8. The molecule has 50 heavy (non-hydrogen) atoms. The van der Waals surface area contributed by atoms with Gasteiger partial charge in [-0.2, -0.15) is 0 Å².